The van der Waals surface area contributed by atoms with Gasteiger partial charge in [-0.3, -0.25) is 9.59 Å². The molecule has 5 nitrogen and oxygen atoms in total. The van der Waals surface area contributed by atoms with Crippen LogP contribution < -0.4 is 5.32 Å². The molecule has 0 aliphatic rings. The van der Waals surface area contributed by atoms with Gasteiger partial charge in [-0.1, -0.05) is 0 Å². The highest BCUT2D eigenvalue weighted by Gasteiger charge is 1.97. The maximum atomic E-state index is 10.2. The van der Waals surface area contributed by atoms with E-state index in [1.165, 1.54) is 11.8 Å². The molecule has 0 aromatic carbocycles. The minimum Gasteiger partial charge on any atom is -0.481 e. The number of carbonyl (C=O) groups is 2. The average Bonchev–Trinajstić information content (AvgIpc) is 2.14. The maximum Gasteiger partial charge on any atom is 0.313 e. The van der Waals surface area contributed by atoms with Crippen LogP contribution in [0.15, 0.2) is 0 Å². The third-order valence-electron chi connectivity index (χ3n) is 1.64. The first-order chi connectivity index (χ1) is 7.13. The van der Waals surface area contributed by atoms with Gasteiger partial charge in [-0.05, 0) is 19.4 Å². The second-order valence-electron chi connectivity index (χ2n) is 3.05. The van der Waals surface area contributed by atoms with Gasteiger partial charge < -0.3 is 15.5 Å². The predicted molar refractivity (Wildman–Crippen MR) is 59.3 cm³/mol. The van der Waals surface area contributed by atoms with Crippen molar-refractivity contribution < 1.29 is 19.8 Å². The van der Waals surface area contributed by atoms with Gasteiger partial charge in [0.1, 0.15) is 0 Å². The van der Waals surface area contributed by atoms with E-state index in [1.807, 2.05) is 0 Å². The first kappa shape index (κ1) is 14.2. The van der Waals surface area contributed by atoms with Crippen LogP contribution in [0, 0.1) is 0 Å². The molecule has 3 N–H and O–H groups in total. The number of nitrogens with one attached hydrogen (secondary N) is 1. The molecule has 0 amide bonds. The molecular formula is C9H17NO4S. The quantitative estimate of drug-likeness (QED) is 0.482. The molecule has 0 radical (unpaired) electrons. The zero-order valence-corrected chi connectivity index (χ0v) is 9.39. The van der Waals surface area contributed by atoms with Crippen LogP contribution in [0.25, 0.3) is 0 Å². The van der Waals surface area contributed by atoms with Crippen molar-refractivity contribution in [2.24, 2.45) is 0 Å². The van der Waals surface area contributed by atoms with Crippen LogP contribution in [0.4, 0.5) is 0 Å². The van der Waals surface area contributed by atoms with Crippen LogP contribution in [0.5, 0.6) is 0 Å². The lowest BCUT2D eigenvalue weighted by molar-refractivity contribution is -0.137. The average molecular weight is 235 g/mol. The van der Waals surface area contributed by atoms with Gasteiger partial charge in [-0.2, -0.15) is 0 Å². The second kappa shape index (κ2) is 9.79. The summed E-state index contributed by atoms with van der Waals surface area (Å²) in [5, 5.41) is 19.8. The van der Waals surface area contributed by atoms with Crippen LogP contribution in [0.2, 0.25) is 0 Å². The Kier molecular flexibility index (Phi) is 9.30. The van der Waals surface area contributed by atoms with Gasteiger partial charge in [0.05, 0.1) is 5.75 Å². The number of hydrogen-bond donors (Lipinski definition) is 3. The molecule has 0 heterocycles. The molecule has 0 bridgehead atoms. The van der Waals surface area contributed by atoms with Gasteiger partial charge >= 0.3 is 11.9 Å². The summed E-state index contributed by atoms with van der Waals surface area (Å²) in [5.41, 5.74) is 0. The number of carboxylic acid groups (broad SMARTS) is 2. The van der Waals surface area contributed by atoms with Crippen LogP contribution in [0.1, 0.15) is 19.3 Å². The van der Waals surface area contributed by atoms with E-state index in [2.05, 4.69) is 5.32 Å². The summed E-state index contributed by atoms with van der Waals surface area (Å²) in [4.78, 5) is 20.3. The van der Waals surface area contributed by atoms with E-state index in [9.17, 15) is 9.59 Å². The van der Waals surface area contributed by atoms with Gasteiger partial charge in [0.25, 0.3) is 0 Å². The van der Waals surface area contributed by atoms with Crippen LogP contribution in [0.3, 0.4) is 0 Å². The van der Waals surface area contributed by atoms with Gasteiger partial charge in [-0.25, -0.2) is 0 Å². The Morgan fingerprint density at radius 2 is 1.80 bits per heavy atom. The predicted octanol–water partition coefficient (Wildman–Crippen LogP) is 0.649. The zero-order valence-electron chi connectivity index (χ0n) is 8.57. The van der Waals surface area contributed by atoms with E-state index < -0.39 is 11.9 Å². The second-order valence-corrected chi connectivity index (χ2v) is 4.15. The first-order valence-electron chi connectivity index (χ1n) is 4.85. The topological polar surface area (TPSA) is 86.6 Å². The Balaban J connectivity index is 2.99. The molecule has 0 rings (SSSR count). The molecule has 6 heteroatoms. The van der Waals surface area contributed by atoms with Crippen molar-refractivity contribution in [1.29, 1.82) is 0 Å². The highest BCUT2D eigenvalue weighted by Crippen LogP contribution is 1.97. The number of unbranched alkanes of at least 4 members (excludes halogenated alkanes) is 1. The van der Waals surface area contributed by atoms with E-state index in [-0.39, 0.29) is 12.2 Å². The lowest BCUT2D eigenvalue weighted by Gasteiger charge is -2.02. The van der Waals surface area contributed by atoms with E-state index >= 15 is 0 Å². The molecule has 0 aromatic heterocycles. The van der Waals surface area contributed by atoms with Gasteiger partial charge in [0, 0.05) is 18.7 Å². The molecule has 0 atom stereocenters. The SMILES string of the molecule is O=C(O)CCCCNCCSCC(=O)O. The van der Waals surface area contributed by atoms with Gasteiger partial charge in [0.2, 0.25) is 0 Å². The summed E-state index contributed by atoms with van der Waals surface area (Å²) in [6.45, 7) is 1.56. The Morgan fingerprint density at radius 3 is 2.40 bits per heavy atom. The molecule has 0 aliphatic carbocycles. The van der Waals surface area contributed by atoms with Gasteiger partial charge in [0.15, 0.2) is 0 Å². The van der Waals surface area contributed by atoms with Crippen molar-refractivity contribution in [3.05, 3.63) is 0 Å². The smallest absolute Gasteiger partial charge is 0.313 e. The zero-order chi connectivity index (χ0) is 11.5. The molecule has 88 valence electrons. The Labute approximate surface area is 93.2 Å². The molecular weight excluding hydrogens is 218 g/mol. The van der Waals surface area contributed by atoms with Crippen LogP contribution >= 0.6 is 11.8 Å². The maximum absolute atomic E-state index is 10.2. The van der Waals surface area contributed by atoms with Crippen molar-refractivity contribution in [2.45, 2.75) is 19.3 Å². The Morgan fingerprint density at radius 1 is 1.07 bits per heavy atom. The largest absolute Gasteiger partial charge is 0.481 e. The van der Waals surface area contributed by atoms with E-state index in [4.69, 9.17) is 10.2 Å². The minimum atomic E-state index is -0.790. The van der Waals surface area contributed by atoms with Crippen molar-refractivity contribution in [1.82, 2.24) is 5.32 Å². The summed E-state index contributed by atoms with van der Waals surface area (Å²) < 4.78 is 0. The molecule has 0 saturated heterocycles. The molecule has 0 aromatic rings. The summed E-state index contributed by atoms with van der Waals surface area (Å²) in [7, 11) is 0. The summed E-state index contributed by atoms with van der Waals surface area (Å²) >= 11 is 1.37. The lowest BCUT2D eigenvalue weighted by atomic mass is 10.2. The molecule has 0 saturated carbocycles. The molecule has 0 aliphatic heterocycles. The minimum absolute atomic E-state index is 0.140. The number of carboxylic acids is 2. The normalized spacial score (nSPS) is 10.1. The fourth-order valence-corrected chi connectivity index (χ4v) is 1.56. The Bertz CT molecular complexity index is 179. The standard InChI is InChI=1S/C9H17NO4S/c11-8(12)3-1-2-4-10-5-6-15-7-9(13)14/h10H,1-7H2,(H,11,12)(H,13,14). The number of rotatable bonds is 10. The molecule has 15 heavy (non-hydrogen) atoms. The summed E-state index contributed by atoms with van der Waals surface area (Å²) in [6, 6.07) is 0. The molecule has 0 spiro atoms. The number of aliphatic carboxylic acids is 2. The highest BCUT2D eigenvalue weighted by molar-refractivity contribution is 7.99. The van der Waals surface area contributed by atoms with E-state index in [0.717, 1.165) is 25.3 Å². The fraction of sp³-hybridized carbons (Fsp3) is 0.778. The van der Waals surface area contributed by atoms with Crippen molar-refractivity contribution in [3.8, 4) is 0 Å². The van der Waals surface area contributed by atoms with E-state index in [0.29, 0.717) is 6.42 Å². The highest BCUT2D eigenvalue weighted by atomic mass is 32.2. The first-order valence-corrected chi connectivity index (χ1v) is 6.00. The van der Waals surface area contributed by atoms with Crippen molar-refractivity contribution in [3.63, 3.8) is 0 Å². The van der Waals surface area contributed by atoms with Crippen molar-refractivity contribution >= 4 is 23.7 Å². The third kappa shape index (κ3) is 13.2. The van der Waals surface area contributed by atoms with E-state index in [1.54, 1.807) is 0 Å². The lowest BCUT2D eigenvalue weighted by Crippen LogP contribution is -2.19. The fourth-order valence-electron chi connectivity index (χ4n) is 0.955. The molecule has 0 fully saturated rings. The third-order valence-corrected chi connectivity index (χ3v) is 2.59. The van der Waals surface area contributed by atoms with Gasteiger partial charge in [-0.15, -0.1) is 11.8 Å². The van der Waals surface area contributed by atoms with Crippen LogP contribution in [-0.4, -0.2) is 46.7 Å². The summed E-state index contributed by atoms with van der Waals surface area (Å²) in [5.74, 6) is -0.639. The monoisotopic (exact) mass is 235 g/mol. The van der Waals surface area contributed by atoms with Crippen molar-refractivity contribution in [2.75, 3.05) is 24.6 Å². The number of hydrogen-bond acceptors (Lipinski definition) is 4. The number of thioether (sulfide) groups is 1. The summed E-state index contributed by atoms with van der Waals surface area (Å²) in [6.07, 6.45) is 1.75. The molecule has 0 unspecified atom stereocenters. The van der Waals surface area contributed by atoms with Crippen LogP contribution in [-0.2, 0) is 9.59 Å². The Hall–Kier alpha value is -0.750.